The first kappa shape index (κ1) is 28.0. The molecule has 1 saturated carbocycles. The van der Waals surface area contributed by atoms with Gasteiger partial charge in [0, 0.05) is 37.1 Å². The first-order valence-corrected chi connectivity index (χ1v) is 15.6. The molecule has 6 nitrogen and oxygen atoms in total. The van der Waals surface area contributed by atoms with Crippen molar-refractivity contribution in [3.05, 3.63) is 46.7 Å². The molecular formula is C32H44N4O2S. The Morgan fingerprint density at radius 2 is 1.85 bits per heavy atom. The van der Waals surface area contributed by atoms with Gasteiger partial charge in [0.25, 0.3) is 5.91 Å². The number of nitrogens with one attached hydrogen (secondary N) is 1. The van der Waals surface area contributed by atoms with E-state index in [9.17, 15) is 4.79 Å². The highest BCUT2D eigenvalue weighted by Crippen LogP contribution is 2.40. The van der Waals surface area contributed by atoms with Crippen LogP contribution in [-0.2, 0) is 16.6 Å². The highest BCUT2D eigenvalue weighted by molar-refractivity contribution is 7.17. The summed E-state index contributed by atoms with van der Waals surface area (Å²) in [5, 5.41) is 8.42. The van der Waals surface area contributed by atoms with Crippen LogP contribution in [0.1, 0.15) is 107 Å². The number of hydrogen-bond acceptors (Lipinski definition) is 5. The minimum atomic E-state index is -0.0606. The van der Waals surface area contributed by atoms with Crippen LogP contribution in [0.3, 0.4) is 0 Å². The fraction of sp³-hybridized carbons (Fsp3) is 0.594. The SMILES string of the molecule is CC(C)n1nccc1-c1ccc(-c2sc(C(=O)NC3CCOCC3)nc2CC2CCCCC2)cc1C(C)(C)C. The maximum Gasteiger partial charge on any atom is 0.280 e. The molecule has 3 heterocycles. The van der Waals surface area contributed by atoms with Gasteiger partial charge in [0.2, 0.25) is 0 Å². The number of nitrogens with zero attached hydrogens (tertiary/aromatic N) is 3. The van der Waals surface area contributed by atoms with Crippen LogP contribution in [0.15, 0.2) is 30.5 Å². The lowest BCUT2D eigenvalue weighted by Crippen LogP contribution is -2.38. The molecule has 210 valence electrons. The summed E-state index contributed by atoms with van der Waals surface area (Å²) >= 11 is 1.56. The van der Waals surface area contributed by atoms with Crippen LogP contribution in [0.25, 0.3) is 21.7 Å². The van der Waals surface area contributed by atoms with Gasteiger partial charge in [-0.15, -0.1) is 11.3 Å². The number of amides is 1. The van der Waals surface area contributed by atoms with E-state index in [0.29, 0.717) is 24.1 Å². The lowest BCUT2D eigenvalue weighted by Gasteiger charge is -2.25. The highest BCUT2D eigenvalue weighted by Gasteiger charge is 2.27. The molecule has 3 aromatic rings. The van der Waals surface area contributed by atoms with E-state index in [1.54, 1.807) is 11.3 Å². The lowest BCUT2D eigenvalue weighted by atomic mass is 9.81. The zero-order valence-electron chi connectivity index (χ0n) is 24.3. The third kappa shape index (κ3) is 6.46. The molecule has 5 rings (SSSR count). The van der Waals surface area contributed by atoms with Gasteiger partial charge in [-0.25, -0.2) is 4.98 Å². The van der Waals surface area contributed by atoms with Crippen molar-refractivity contribution in [1.82, 2.24) is 20.1 Å². The summed E-state index contributed by atoms with van der Waals surface area (Å²) in [5.41, 5.74) is 5.83. The molecule has 0 spiro atoms. The second-order valence-electron chi connectivity index (χ2n) is 12.6. The largest absolute Gasteiger partial charge is 0.381 e. The van der Waals surface area contributed by atoms with Crippen LogP contribution in [0.5, 0.6) is 0 Å². The van der Waals surface area contributed by atoms with Gasteiger partial charge >= 0.3 is 0 Å². The number of ether oxygens (including phenoxy) is 1. The number of aromatic nitrogens is 3. The number of carbonyl (C=O) groups is 1. The van der Waals surface area contributed by atoms with Crippen molar-refractivity contribution in [1.29, 1.82) is 0 Å². The molecule has 1 amide bonds. The molecule has 1 N–H and O–H groups in total. The van der Waals surface area contributed by atoms with E-state index in [2.05, 4.69) is 74.0 Å². The second-order valence-corrected chi connectivity index (χ2v) is 13.6. The Labute approximate surface area is 237 Å². The highest BCUT2D eigenvalue weighted by atomic mass is 32.1. The van der Waals surface area contributed by atoms with Crippen molar-refractivity contribution in [2.75, 3.05) is 13.2 Å². The number of carbonyl (C=O) groups excluding carboxylic acids is 1. The number of hydrogen-bond donors (Lipinski definition) is 1. The zero-order chi connectivity index (χ0) is 27.6. The molecule has 2 aliphatic rings. The molecule has 2 aromatic heterocycles. The Morgan fingerprint density at radius 3 is 2.54 bits per heavy atom. The summed E-state index contributed by atoms with van der Waals surface area (Å²) in [6, 6.07) is 9.37. The van der Waals surface area contributed by atoms with Gasteiger partial charge in [-0.2, -0.15) is 5.10 Å². The molecule has 1 aliphatic carbocycles. The fourth-order valence-electron chi connectivity index (χ4n) is 6.03. The molecule has 39 heavy (non-hydrogen) atoms. The van der Waals surface area contributed by atoms with Crippen molar-refractivity contribution >= 4 is 17.2 Å². The van der Waals surface area contributed by atoms with Gasteiger partial charge in [0.15, 0.2) is 5.01 Å². The Morgan fingerprint density at radius 1 is 1.10 bits per heavy atom. The van der Waals surface area contributed by atoms with E-state index in [1.165, 1.54) is 43.2 Å². The fourth-order valence-corrected chi connectivity index (χ4v) is 7.03. The molecule has 7 heteroatoms. The smallest absolute Gasteiger partial charge is 0.280 e. The van der Waals surface area contributed by atoms with Crippen LogP contribution in [0.4, 0.5) is 0 Å². The summed E-state index contributed by atoms with van der Waals surface area (Å²) in [6.45, 7) is 12.6. The minimum absolute atomic E-state index is 0.0449. The van der Waals surface area contributed by atoms with Gasteiger partial charge in [0.05, 0.1) is 16.3 Å². The minimum Gasteiger partial charge on any atom is -0.381 e. The summed E-state index contributed by atoms with van der Waals surface area (Å²) < 4.78 is 7.58. The van der Waals surface area contributed by atoms with Crippen molar-refractivity contribution < 1.29 is 9.53 Å². The van der Waals surface area contributed by atoms with Crippen molar-refractivity contribution in [2.24, 2.45) is 5.92 Å². The van der Waals surface area contributed by atoms with E-state index in [0.717, 1.165) is 41.1 Å². The monoisotopic (exact) mass is 548 g/mol. The Bertz CT molecular complexity index is 1270. The average molecular weight is 549 g/mol. The summed E-state index contributed by atoms with van der Waals surface area (Å²) in [4.78, 5) is 19.5. The topological polar surface area (TPSA) is 69.0 Å². The van der Waals surface area contributed by atoms with E-state index >= 15 is 0 Å². The third-order valence-electron chi connectivity index (χ3n) is 8.18. The predicted molar refractivity (Wildman–Crippen MR) is 159 cm³/mol. The summed E-state index contributed by atoms with van der Waals surface area (Å²) in [6.07, 6.45) is 11.0. The first-order chi connectivity index (χ1) is 18.7. The van der Waals surface area contributed by atoms with Crippen LogP contribution < -0.4 is 5.32 Å². The Hall–Kier alpha value is -2.51. The van der Waals surface area contributed by atoms with Crippen molar-refractivity contribution in [2.45, 2.75) is 103 Å². The summed E-state index contributed by atoms with van der Waals surface area (Å²) in [7, 11) is 0. The van der Waals surface area contributed by atoms with Gasteiger partial charge < -0.3 is 10.1 Å². The molecule has 0 unspecified atom stereocenters. The van der Waals surface area contributed by atoms with Gasteiger partial charge in [0.1, 0.15) is 0 Å². The lowest BCUT2D eigenvalue weighted by molar-refractivity contribution is 0.0696. The number of benzene rings is 1. The second kappa shape index (κ2) is 11.9. The predicted octanol–water partition coefficient (Wildman–Crippen LogP) is 7.58. The Kier molecular flexibility index (Phi) is 8.57. The molecule has 0 radical (unpaired) electrons. The van der Waals surface area contributed by atoms with Crippen molar-refractivity contribution in [3.8, 4) is 21.7 Å². The molecule has 0 bridgehead atoms. The van der Waals surface area contributed by atoms with E-state index in [4.69, 9.17) is 9.72 Å². The number of rotatable bonds is 7. The van der Waals surface area contributed by atoms with Gasteiger partial charge in [-0.1, -0.05) is 65.0 Å². The van der Waals surface area contributed by atoms with E-state index in [1.807, 2.05) is 6.20 Å². The molecule has 2 fully saturated rings. The van der Waals surface area contributed by atoms with E-state index in [-0.39, 0.29) is 23.4 Å². The molecule has 1 aliphatic heterocycles. The Balaban J connectivity index is 1.53. The van der Waals surface area contributed by atoms with Crippen LogP contribution in [0.2, 0.25) is 0 Å². The standard InChI is InChI=1S/C32H44N4O2S/c1-21(2)36-28(13-16-33-36)25-12-11-23(20-26(25)32(3,4)5)29-27(19-22-9-7-6-8-10-22)35-31(39-29)30(37)34-24-14-17-38-18-15-24/h11-13,16,20-22,24H,6-10,14-15,17-19H2,1-5H3,(H,34,37). The maximum atomic E-state index is 13.3. The molecular weight excluding hydrogens is 504 g/mol. The maximum absolute atomic E-state index is 13.3. The van der Waals surface area contributed by atoms with Crippen molar-refractivity contribution in [3.63, 3.8) is 0 Å². The van der Waals surface area contributed by atoms with Gasteiger partial charge in [-0.05, 0) is 67.7 Å². The van der Waals surface area contributed by atoms with Crippen LogP contribution in [-0.4, -0.2) is 39.9 Å². The summed E-state index contributed by atoms with van der Waals surface area (Å²) in [5.74, 6) is 0.601. The van der Waals surface area contributed by atoms with Crippen LogP contribution in [0, 0.1) is 5.92 Å². The van der Waals surface area contributed by atoms with Gasteiger partial charge in [-0.3, -0.25) is 9.48 Å². The average Bonchev–Trinajstić information content (AvgIpc) is 3.57. The van der Waals surface area contributed by atoms with E-state index < -0.39 is 0 Å². The molecule has 0 atom stereocenters. The normalized spacial score (nSPS) is 17.6. The first-order valence-electron chi connectivity index (χ1n) is 14.8. The number of thiazole rings is 1. The third-order valence-corrected chi connectivity index (χ3v) is 9.33. The zero-order valence-corrected chi connectivity index (χ0v) is 25.1. The molecule has 1 saturated heterocycles. The quantitative estimate of drug-likeness (QED) is 0.330. The van der Waals surface area contributed by atoms with Crippen LogP contribution >= 0.6 is 11.3 Å². The molecule has 1 aromatic carbocycles.